The van der Waals surface area contributed by atoms with E-state index in [1.807, 2.05) is 0 Å². The van der Waals surface area contributed by atoms with E-state index in [4.69, 9.17) is 4.98 Å². The molecule has 0 bridgehead atoms. The highest BCUT2D eigenvalue weighted by Crippen LogP contribution is 2.40. The molecule has 1 atom stereocenters. The molecular formula is C23H25FN4S. The lowest BCUT2D eigenvalue weighted by molar-refractivity contribution is 0.588. The van der Waals surface area contributed by atoms with Gasteiger partial charge in [-0.1, -0.05) is 6.07 Å². The average Bonchev–Trinajstić information content (AvgIpc) is 3.42. The van der Waals surface area contributed by atoms with Crippen molar-refractivity contribution in [3.8, 4) is 11.3 Å². The van der Waals surface area contributed by atoms with Crippen molar-refractivity contribution in [1.82, 2.24) is 10.3 Å². The van der Waals surface area contributed by atoms with Gasteiger partial charge in [-0.3, -0.25) is 0 Å². The molecule has 0 spiro atoms. The number of anilines is 2. The van der Waals surface area contributed by atoms with Crippen LogP contribution in [0.15, 0.2) is 47.8 Å². The molecule has 150 valence electrons. The van der Waals surface area contributed by atoms with E-state index in [9.17, 15) is 4.39 Å². The van der Waals surface area contributed by atoms with Gasteiger partial charge in [0.05, 0.1) is 11.7 Å². The maximum atomic E-state index is 13.2. The number of hydrogen-bond donors (Lipinski definition) is 1. The molecule has 0 saturated carbocycles. The van der Waals surface area contributed by atoms with Crippen molar-refractivity contribution < 1.29 is 4.39 Å². The predicted octanol–water partition coefficient (Wildman–Crippen LogP) is 4.48. The van der Waals surface area contributed by atoms with Gasteiger partial charge in [-0.25, -0.2) is 9.37 Å². The highest BCUT2D eigenvalue weighted by molar-refractivity contribution is 7.14. The van der Waals surface area contributed by atoms with Crippen molar-refractivity contribution >= 4 is 22.2 Å². The first-order valence-electron chi connectivity index (χ1n) is 10.2. The standard InChI is InChI=1S/C23H25FN4S/c1-27(23-26-21(15-29-23)17-2-6-18(24)7-3-17)22-9-5-16-4-8-19(14-20(16)22)28-12-10-25-11-13-28/h2-4,6-8,14-15,22,25H,5,9-13H2,1H3. The Kier molecular flexibility index (Phi) is 4.97. The van der Waals surface area contributed by atoms with Crippen molar-refractivity contribution in [3.05, 3.63) is 64.8 Å². The van der Waals surface area contributed by atoms with Gasteiger partial charge in [0.25, 0.3) is 0 Å². The highest BCUT2D eigenvalue weighted by atomic mass is 32.1. The number of nitrogens with zero attached hydrogens (tertiary/aromatic N) is 3. The largest absolute Gasteiger partial charge is 0.369 e. The zero-order valence-electron chi connectivity index (χ0n) is 16.6. The fourth-order valence-electron chi connectivity index (χ4n) is 4.40. The van der Waals surface area contributed by atoms with Crippen LogP contribution in [0, 0.1) is 5.82 Å². The Morgan fingerprint density at radius 2 is 1.93 bits per heavy atom. The van der Waals surface area contributed by atoms with Crippen LogP contribution in [0.25, 0.3) is 11.3 Å². The zero-order valence-corrected chi connectivity index (χ0v) is 17.4. The molecule has 1 fully saturated rings. The number of rotatable bonds is 4. The van der Waals surface area contributed by atoms with E-state index in [2.05, 4.69) is 45.7 Å². The van der Waals surface area contributed by atoms with E-state index >= 15 is 0 Å². The molecule has 2 aliphatic rings. The zero-order chi connectivity index (χ0) is 19.8. The minimum absolute atomic E-state index is 0.218. The molecule has 2 heterocycles. The summed E-state index contributed by atoms with van der Waals surface area (Å²) in [5.74, 6) is -0.218. The molecule has 1 aliphatic heterocycles. The van der Waals surface area contributed by atoms with Gasteiger partial charge in [0.15, 0.2) is 5.13 Å². The number of nitrogens with one attached hydrogen (secondary N) is 1. The summed E-state index contributed by atoms with van der Waals surface area (Å²) in [6.07, 6.45) is 2.23. The molecule has 2 aromatic carbocycles. The number of aryl methyl sites for hydroxylation is 1. The lowest BCUT2D eigenvalue weighted by Gasteiger charge is -2.31. The Morgan fingerprint density at radius 3 is 2.72 bits per heavy atom. The number of thiazole rings is 1. The lowest BCUT2D eigenvalue weighted by atomic mass is 10.1. The van der Waals surface area contributed by atoms with Crippen LogP contribution in [0.2, 0.25) is 0 Å². The Hall–Kier alpha value is -2.44. The number of halogens is 1. The molecule has 1 saturated heterocycles. The molecule has 1 unspecified atom stereocenters. The van der Waals surface area contributed by atoms with Crippen LogP contribution in [0.3, 0.4) is 0 Å². The molecule has 1 N–H and O–H groups in total. The van der Waals surface area contributed by atoms with E-state index in [-0.39, 0.29) is 5.82 Å². The maximum Gasteiger partial charge on any atom is 0.186 e. The SMILES string of the molecule is CN(c1nc(-c2ccc(F)cc2)cs1)C1CCc2ccc(N3CCNCC3)cc21. The van der Waals surface area contributed by atoms with Gasteiger partial charge in [-0.2, -0.15) is 0 Å². The predicted molar refractivity (Wildman–Crippen MR) is 118 cm³/mol. The van der Waals surface area contributed by atoms with Crippen LogP contribution < -0.4 is 15.1 Å². The van der Waals surface area contributed by atoms with Gasteiger partial charge in [-0.05, 0) is 60.4 Å². The van der Waals surface area contributed by atoms with Crippen LogP contribution in [-0.4, -0.2) is 38.2 Å². The van der Waals surface area contributed by atoms with E-state index in [0.29, 0.717) is 6.04 Å². The number of hydrogen-bond acceptors (Lipinski definition) is 5. The van der Waals surface area contributed by atoms with Crippen LogP contribution >= 0.6 is 11.3 Å². The van der Waals surface area contributed by atoms with Crippen molar-refractivity contribution in [3.63, 3.8) is 0 Å². The van der Waals surface area contributed by atoms with E-state index in [1.165, 1.54) is 28.9 Å². The Bertz CT molecular complexity index is 994. The third-order valence-electron chi connectivity index (χ3n) is 6.06. The van der Waals surface area contributed by atoms with Crippen molar-refractivity contribution in [2.24, 2.45) is 0 Å². The minimum atomic E-state index is -0.218. The summed E-state index contributed by atoms with van der Waals surface area (Å²) in [5, 5.41) is 6.50. The first kappa shape index (κ1) is 18.6. The van der Waals surface area contributed by atoms with Crippen LogP contribution in [0.1, 0.15) is 23.6 Å². The first-order chi connectivity index (χ1) is 14.2. The third kappa shape index (κ3) is 3.63. The van der Waals surface area contributed by atoms with E-state index in [1.54, 1.807) is 23.5 Å². The lowest BCUT2D eigenvalue weighted by Crippen LogP contribution is -2.43. The van der Waals surface area contributed by atoms with Gasteiger partial charge < -0.3 is 15.1 Å². The molecule has 29 heavy (non-hydrogen) atoms. The summed E-state index contributed by atoms with van der Waals surface area (Å²) >= 11 is 1.65. The molecule has 5 rings (SSSR count). The monoisotopic (exact) mass is 408 g/mol. The second-order valence-corrected chi connectivity index (χ2v) is 8.64. The third-order valence-corrected chi connectivity index (χ3v) is 6.99. The Labute approximate surface area is 175 Å². The van der Waals surface area contributed by atoms with Crippen molar-refractivity contribution in [2.75, 3.05) is 43.0 Å². The van der Waals surface area contributed by atoms with Crippen molar-refractivity contribution in [2.45, 2.75) is 18.9 Å². The molecule has 1 aliphatic carbocycles. The van der Waals surface area contributed by atoms with Crippen LogP contribution in [-0.2, 0) is 6.42 Å². The van der Waals surface area contributed by atoms with Crippen molar-refractivity contribution in [1.29, 1.82) is 0 Å². The highest BCUT2D eigenvalue weighted by Gasteiger charge is 2.28. The molecule has 0 amide bonds. The maximum absolute atomic E-state index is 13.2. The fraction of sp³-hybridized carbons (Fsp3) is 0.348. The molecule has 0 radical (unpaired) electrons. The summed E-state index contributed by atoms with van der Waals surface area (Å²) in [4.78, 5) is 9.63. The summed E-state index contributed by atoms with van der Waals surface area (Å²) in [5.41, 5.74) is 6.08. The Morgan fingerprint density at radius 1 is 1.14 bits per heavy atom. The van der Waals surface area contributed by atoms with Crippen LogP contribution in [0.5, 0.6) is 0 Å². The first-order valence-corrected chi connectivity index (χ1v) is 11.1. The van der Waals surface area contributed by atoms with E-state index in [0.717, 1.165) is 55.4 Å². The molecular weight excluding hydrogens is 383 g/mol. The van der Waals surface area contributed by atoms with Gasteiger partial charge in [0.2, 0.25) is 0 Å². The number of benzene rings is 2. The summed E-state index contributed by atoms with van der Waals surface area (Å²) in [6.45, 7) is 4.22. The molecule has 4 nitrogen and oxygen atoms in total. The van der Waals surface area contributed by atoms with E-state index < -0.39 is 0 Å². The van der Waals surface area contributed by atoms with Gasteiger partial charge in [0, 0.05) is 49.9 Å². The second-order valence-electron chi connectivity index (χ2n) is 7.81. The van der Waals surface area contributed by atoms with Gasteiger partial charge >= 0.3 is 0 Å². The molecule has 3 aromatic rings. The topological polar surface area (TPSA) is 31.4 Å². The summed E-state index contributed by atoms with van der Waals surface area (Å²) < 4.78 is 13.2. The summed E-state index contributed by atoms with van der Waals surface area (Å²) in [7, 11) is 2.14. The molecule has 6 heteroatoms. The molecule has 1 aromatic heterocycles. The quantitative estimate of drug-likeness (QED) is 0.690. The average molecular weight is 409 g/mol. The Balaban J connectivity index is 1.39. The van der Waals surface area contributed by atoms with Gasteiger partial charge in [0.1, 0.15) is 5.82 Å². The fourth-order valence-corrected chi connectivity index (χ4v) is 5.25. The van der Waals surface area contributed by atoms with Gasteiger partial charge in [-0.15, -0.1) is 11.3 Å². The number of fused-ring (bicyclic) bond motifs is 1. The van der Waals surface area contributed by atoms with Crippen LogP contribution in [0.4, 0.5) is 15.2 Å². The summed E-state index contributed by atoms with van der Waals surface area (Å²) in [6, 6.07) is 13.9. The number of piperazine rings is 1. The smallest absolute Gasteiger partial charge is 0.186 e. The second kappa shape index (κ2) is 7.76. The number of aromatic nitrogens is 1. The minimum Gasteiger partial charge on any atom is -0.369 e. The normalized spacial score (nSPS) is 18.7.